The van der Waals surface area contributed by atoms with Gasteiger partial charge in [0.05, 0.1) is 5.92 Å². The van der Waals surface area contributed by atoms with Gasteiger partial charge in [0.25, 0.3) is 0 Å². The van der Waals surface area contributed by atoms with E-state index in [9.17, 15) is 4.79 Å². The zero-order valence-corrected chi connectivity index (χ0v) is 6.84. The second kappa shape index (κ2) is 5.79. The Balaban J connectivity index is 3.71. The Labute approximate surface area is 67.6 Å². The van der Waals surface area contributed by atoms with Crippen LogP contribution in [-0.2, 0) is 4.79 Å². The van der Waals surface area contributed by atoms with Crippen LogP contribution in [0.5, 0.6) is 0 Å². The Morgan fingerprint density at radius 2 is 2.27 bits per heavy atom. The van der Waals surface area contributed by atoms with Crippen LogP contribution >= 0.6 is 0 Å². The standard InChI is InChI=1S/C9H14O2/c1-3-5-7-8(6-4-2)9(10)11/h1,8H,4-7H2,2H3,(H,10,11). The van der Waals surface area contributed by atoms with Gasteiger partial charge in [-0.2, -0.15) is 0 Å². The Hall–Kier alpha value is -0.970. The molecule has 0 bridgehead atoms. The molecule has 0 aromatic heterocycles. The third-order valence-corrected chi connectivity index (χ3v) is 1.62. The first-order chi connectivity index (χ1) is 5.22. The van der Waals surface area contributed by atoms with Gasteiger partial charge in [0.2, 0.25) is 0 Å². The SMILES string of the molecule is C#CCCC(CCC)C(=O)O. The summed E-state index contributed by atoms with van der Waals surface area (Å²) in [5.74, 6) is 1.49. The van der Waals surface area contributed by atoms with Crippen molar-refractivity contribution in [1.29, 1.82) is 0 Å². The summed E-state index contributed by atoms with van der Waals surface area (Å²) in [6, 6.07) is 0. The average molecular weight is 154 g/mol. The lowest BCUT2D eigenvalue weighted by Gasteiger charge is -2.07. The predicted molar refractivity (Wildman–Crippen MR) is 44.1 cm³/mol. The minimum absolute atomic E-state index is 0.240. The zero-order valence-electron chi connectivity index (χ0n) is 6.84. The van der Waals surface area contributed by atoms with Crippen molar-refractivity contribution in [3.63, 3.8) is 0 Å². The summed E-state index contributed by atoms with van der Waals surface area (Å²) in [7, 11) is 0. The van der Waals surface area contributed by atoms with Crippen molar-refractivity contribution in [3.05, 3.63) is 0 Å². The van der Waals surface area contributed by atoms with E-state index < -0.39 is 5.97 Å². The van der Waals surface area contributed by atoms with Crippen LogP contribution in [0.25, 0.3) is 0 Å². The average Bonchev–Trinajstić information content (AvgIpc) is 1.97. The van der Waals surface area contributed by atoms with E-state index in [4.69, 9.17) is 11.5 Å². The molecule has 11 heavy (non-hydrogen) atoms. The Morgan fingerprint density at radius 1 is 1.64 bits per heavy atom. The first kappa shape index (κ1) is 10.0. The highest BCUT2D eigenvalue weighted by Crippen LogP contribution is 2.12. The summed E-state index contributed by atoms with van der Waals surface area (Å²) in [6.45, 7) is 1.98. The maximum Gasteiger partial charge on any atom is 0.306 e. The van der Waals surface area contributed by atoms with Crippen molar-refractivity contribution in [2.24, 2.45) is 5.92 Å². The summed E-state index contributed by atoms with van der Waals surface area (Å²) in [4.78, 5) is 10.5. The molecule has 0 aliphatic rings. The molecule has 2 nitrogen and oxygen atoms in total. The number of rotatable bonds is 5. The van der Waals surface area contributed by atoms with Crippen LogP contribution in [0.15, 0.2) is 0 Å². The minimum Gasteiger partial charge on any atom is -0.481 e. The van der Waals surface area contributed by atoms with E-state index >= 15 is 0 Å². The molecule has 0 spiro atoms. The topological polar surface area (TPSA) is 37.3 Å². The normalized spacial score (nSPS) is 12.0. The minimum atomic E-state index is -0.720. The molecule has 0 aromatic carbocycles. The lowest BCUT2D eigenvalue weighted by atomic mass is 9.98. The fraction of sp³-hybridized carbons (Fsp3) is 0.667. The van der Waals surface area contributed by atoms with E-state index in [0.29, 0.717) is 12.8 Å². The Bertz CT molecular complexity index is 155. The van der Waals surface area contributed by atoms with E-state index in [2.05, 4.69) is 5.92 Å². The van der Waals surface area contributed by atoms with Crippen LogP contribution in [0.2, 0.25) is 0 Å². The maximum atomic E-state index is 10.5. The molecule has 2 heteroatoms. The van der Waals surface area contributed by atoms with Gasteiger partial charge >= 0.3 is 5.97 Å². The molecule has 0 saturated carbocycles. The molecule has 1 N–H and O–H groups in total. The monoisotopic (exact) mass is 154 g/mol. The molecular weight excluding hydrogens is 140 g/mol. The highest BCUT2D eigenvalue weighted by atomic mass is 16.4. The number of terminal acetylenes is 1. The van der Waals surface area contributed by atoms with Gasteiger partial charge < -0.3 is 5.11 Å². The molecular formula is C9H14O2. The smallest absolute Gasteiger partial charge is 0.306 e. The number of carboxylic acid groups (broad SMARTS) is 1. The van der Waals surface area contributed by atoms with Crippen molar-refractivity contribution in [3.8, 4) is 12.3 Å². The highest BCUT2D eigenvalue weighted by Gasteiger charge is 2.14. The van der Waals surface area contributed by atoms with Crippen molar-refractivity contribution in [2.45, 2.75) is 32.6 Å². The second-order valence-electron chi connectivity index (χ2n) is 2.57. The molecule has 0 aliphatic carbocycles. The van der Waals surface area contributed by atoms with Crippen molar-refractivity contribution >= 4 is 5.97 Å². The van der Waals surface area contributed by atoms with Crippen LogP contribution in [0.3, 0.4) is 0 Å². The van der Waals surface area contributed by atoms with Gasteiger partial charge in [-0.25, -0.2) is 0 Å². The Kier molecular flexibility index (Phi) is 5.28. The number of carboxylic acids is 1. The number of hydrogen-bond donors (Lipinski definition) is 1. The summed E-state index contributed by atoms with van der Waals surface area (Å²) in [5.41, 5.74) is 0. The zero-order chi connectivity index (χ0) is 8.69. The van der Waals surface area contributed by atoms with Gasteiger partial charge in [0.1, 0.15) is 0 Å². The first-order valence-corrected chi connectivity index (χ1v) is 3.88. The number of aliphatic carboxylic acids is 1. The van der Waals surface area contributed by atoms with E-state index in [-0.39, 0.29) is 5.92 Å². The molecule has 0 aromatic rings. The van der Waals surface area contributed by atoms with Crippen molar-refractivity contribution in [1.82, 2.24) is 0 Å². The molecule has 1 unspecified atom stereocenters. The first-order valence-electron chi connectivity index (χ1n) is 3.88. The molecule has 0 saturated heterocycles. The van der Waals surface area contributed by atoms with Crippen molar-refractivity contribution < 1.29 is 9.90 Å². The van der Waals surface area contributed by atoms with Crippen LogP contribution in [0.1, 0.15) is 32.6 Å². The lowest BCUT2D eigenvalue weighted by Crippen LogP contribution is -2.12. The summed E-state index contributed by atoms with van der Waals surface area (Å²) >= 11 is 0. The molecule has 0 amide bonds. The third-order valence-electron chi connectivity index (χ3n) is 1.62. The summed E-state index contributed by atoms with van der Waals surface area (Å²) in [5, 5.41) is 8.66. The number of carbonyl (C=O) groups is 1. The van der Waals surface area contributed by atoms with Crippen LogP contribution < -0.4 is 0 Å². The Morgan fingerprint density at radius 3 is 2.64 bits per heavy atom. The summed E-state index contributed by atoms with van der Waals surface area (Å²) in [6.07, 6.45) is 7.84. The molecule has 1 atom stereocenters. The molecule has 0 aliphatic heterocycles. The molecule has 0 fully saturated rings. The van der Waals surface area contributed by atoms with Gasteiger partial charge in [0.15, 0.2) is 0 Å². The van der Waals surface area contributed by atoms with E-state index in [1.54, 1.807) is 0 Å². The van der Waals surface area contributed by atoms with Crippen LogP contribution in [-0.4, -0.2) is 11.1 Å². The third kappa shape index (κ3) is 4.44. The van der Waals surface area contributed by atoms with Gasteiger partial charge in [-0.15, -0.1) is 12.3 Å². The molecule has 62 valence electrons. The lowest BCUT2D eigenvalue weighted by molar-refractivity contribution is -0.142. The van der Waals surface area contributed by atoms with Gasteiger partial charge in [-0.3, -0.25) is 4.79 Å². The predicted octanol–water partition coefficient (Wildman–Crippen LogP) is 1.90. The van der Waals surface area contributed by atoms with Gasteiger partial charge in [0, 0.05) is 6.42 Å². The second-order valence-corrected chi connectivity index (χ2v) is 2.57. The van der Waals surface area contributed by atoms with Crippen LogP contribution in [0.4, 0.5) is 0 Å². The number of hydrogen-bond acceptors (Lipinski definition) is 1. The quantitative estimate of drug-likeness (QED) is 0.614. The van der Waals surface area contributed by atoms with Gasteiger partial charge in [-0.1, -0.05) is 13.3 Å². The largest absolute Gasteiger partial charge is 0.481 e. The fourth-order valence-corrected chi connectivity index (χ4v) is 0.997. The maximum absolute atomic E-state index is 10.5. The van der Waals surface area contributed by atoms with Crippen molar-refractivity contribution in [2.75, 3.05) is 0 Å². The summed E-state index contributed by atoms with van der Waals surface area (Å²) < 4.78 is 0. The van der Waals surface area contributed by atoms with E-state index in [1.165, 1.54) is 0 Å². The van der Waals surface area contributed by atoms with Crippen LogP contribution in [0, 0.1) is 18.3 Å². The highest BCUT2D eigenvalue weighted by molar-refractivity contribution is 5.69. The molecule has 0 radical (unpaired) electrons. The fourth-order valence-electron chi connectivity index (χ4n) is 0.997. The van der Waals surface area contributed by atoms with E-state index in [0.717, 1.165) is 12.8 Å². The molecule has 0 rings (SSSR count). The van der Waals surface area contributed by atoms with Gasteiger partial charge in [-0.05, 0) is 12.8 Å². The molecule has 0 heterocycles. The van der Waals surface area contributed by atoms with E-state index in [1.807, 2.05) is 6.92 Å².